The molecule has 0 N–H and O–H groups in total. The molecule has 1 aromatic rings. The molecule has 2 saturated heterocycles. The maximum atomic E-state index is 13.3. The summed E-state index contributed by atoms with van der Waals surface area (Å²) in [4.78, 5) is 33.7. The first-order valence-corrected chi connectivity index (χ1v) is 9.30. The zero-order valence-corrected chi connectivity index (χ0v) is 16.0. The second-order valence-electron chi connectivity index (χ2n) is 7.71. The van der Waals surface area contributed by atoms with Crippen molar-refractivity contribution in [2.75, 3.05) is 60.0 Å². The highest BCUT2D eigenvalue weighted by atomic mass is 19.1. The van der Waals surface area contributed by atoms with Crippen LogP contribution in [0, 0.1) is 11.4 Å². The fourth-order valence-corrected chi connectivity index (χ4v) is 3.75. The van der Waals surface area contributed by atoms with Crippen molar-refractivity contribution in [2.24, 2.45) is 5.41 Å². The standard InChI is InChI=1S/C19H27FN4O3/c1-22(2)17(25)12-23-9-10-27-14-19(13-23)4-7-24(8-5-19)18(26)15-3-6-21-16(20)11-15/h3,6,11H,4-5,7-10,12-14H2,1-2H3. The second kappa shape index (κ2) is 8.31. The van der Waals surface area contributed by atoms with E-state index in [4.69, 9.17) is 4.74 Å². The molecule has 2 aliphatic rings. The molecule has 0 atom stereocenters. The average molecular weight is 378 g/mol. The van der Waals surface area contributed by atoms with E-state index in [1.165, 1.54) is 12.3 Å². The Kier molecular flexibility index (Phi) is 6.06. The molecule has 0 radical (unpaired) electrons. The van der Waals surface area contributed by atoms with Gasteiger partial charge in [-0.2, -0.15) is 4.39 Å². The van der Waals surface area contributed by atoms with Gasteiger partial charge in [-0.3, -0.25) is 14.5 Å². The summed E-state index contributed by atoms with van der Waals surface area (Å²) in [7, 11) is 3.52. The first-order valence-electron chi connectivity index (χ1n) is 9.30. The van der Waals surface area contributed by atoms with Crippen molar-refractivity contribution in [1.82, 2.24) is 19.7 Å². The summed E-state index contributed by atoms with van der Waals surface area (Å²) in [5.74, 6) is -0.729. The summed E-state index contributed by atoms with van der Waals surface area (Å²) in [6, 6.07) is 2.72. The Morgan fingerprint density at radius 3 is 2.70 bits per heavy atom. The van der Waals surface area contributed by atoms with Gasteiger partial charge >= 0.3 is 0 Å². The van der Waals surface area contributed by atoms with E-state index in [-0.39, 0.29) is 17.2 Å². The summed E-state index contributed by atoms with van der Waals surface area (Å²) in [6.45, 7) is 4.37. The topological polar surface area (TPSA) is 66.0 Å². The molecule has 0 bridgehead atoms. The Morgan fingerprint density at radius 1 is 1.30 bits per heavy atom. The van der Waals surface area contributed by atoms with Crippen LogP contribution in [0.4, 0.5) is 4.39 Å². The maximum Gasteiger partial charge on any atom is 0.254 e. The minimum Gasteiger partial charge on any atom is -0.379 e. The lowest BCUT2D eigenvalue weighted by Gasteiger charge is -2.42. The van der Waals surface area contributed by atoms with E-state index in [9.17, 15) is 14.0 Å². The van der Waals surface area contributed by atoms with Crippen molar-refractivity contribution in [2.45, 2.75) is 12.8 Å². The molecule has 2 aliphatic heterocycles. The van der Waals surface area contributed by atoms with Crippen LogP contribution < -0.4 is 0 Å². The van der Waals surface area contributed by atoms with Gasteiger partial charge in [0, 0.05) is 63.5 Å². The normalized spacial score (nSPS) is 20.3. The minimum absolute atomic E-state index is 0.0522. The number of ether oxygens (including phenoxy) is 1. The second-order valence-corrected chi connectivity index (χ2v) is 7.71. The first kappa shape index (κ1) is 19.7. The number of likely N-dealkylation sites (tertiary alicyclic amines) is 1. The zero-order valence-electron chi connectivity index (χ0n) is 16.0. The van der Waals surface area contributed by atoms with Gasteiger partial charge in [-0.25, -0.2) is 4.98 Å². The van der Waals surface area contributed by atoms with Gasteiger partial charge in [0.1, 0.15) is 0 Å². The zero-order chi connectivity index (χ0) is 19.4. The number of amides is 2. The molecule has 0 unspecified atom stereocenters. The number of aromatic nitrogens is 1. The Balaban J connectivity index is 1.62. The van der Waals surface area contributed by atoms with E-state index >= 15 is 0 Å². The van der Waals surface area contributed by atoms with Crippen molar-refractivity contribution in [3.05, 3.63) is 29.8 Å². The molecule has 27 heavy (non-hydrogen) atoms. The number of likely N-dealkylation sites (N-methyl/N-ethyl adjacent to an activating group) is 1. The largest absolute Gasteiger partial charge is 0.379 e. The number of hydrogen-bond acceptors (Lipinski definition) is 5. The van der Waals surface area contributed by atoms with Gasteiger partial charge in [-0.1, -0.05) is 0 Å². The number of carbonyl (C=O) groups excluding carboxylic acids is 2. The number of carbonyl (C=O) groups is 2. The molecule has 0 saturated carbocycles. The van der Waals surface area contributed by atoms with Crippen LogP contribution in [0.5, 0.6) is 0 Å². The molecule has 148 valence electrons. The number of nitrogens with zero attached hydrogens (tertiary/aromatic N) is 4. The van der Waals surface area contributed by atoms with Crippen LogP contribution in [0.2, 0.25) is 0 Å². The number of hydrogen-bond donors (Lipinski definition) is 0. The minimum atomic E-state index is -0.646. The summed E-state index contributed by atoms with van der Waals surface area (Å²) in [6.07, 6.45) is 2.92. The van der Waals surface area contributed by atoms with E-state index in [2.05, 4.69) is 9.88 Å². The molecule has 1 aromatic heterocycles. The van der Waals surface area contributed by atoms with Crippen LogP contribution in [-0.2, 0) is 9.53 Å². The third kappa shape index (κ3) is 4.81. The van der Waals surface area contributed by atoms with Gasteiger partial charge in [0.05, 0.1) is 19.8 Å². The lowest BCUT2D eigenvalue weighted by atomic mass is 9.78. The maximum absolute atomic E-state index is 13.3. The molecule has 3 rings (SSSR count). The molecule has 1 spiro atoms. The summed E-state index contributed by atoms with van der Waals surface area (Å²) in [5, 5.41) is 0. The summed E-state index contributed by atoms with van der Waals surface area (Å²) < 4.78 is 19.1. The fraction of sp³-hybridized carbons (Fsp3) is 0.632. The molecular weight excluding hydrogens is 351 g/mol. The highest BCUT2D eigenvalue weighted by molar-refractivity contribution is 5.94. The van der Waals surface area contributed by atoms with Gasteiger partial charge in [0.2, 0.25) is 11.9 Å². The quantitative estimate of drug-likeness (QED) is 0.730. The molecule has 7 nitrogen and oxygen atoms in total. The lowest BCUT2D eigenvalue weighted by molar-refractivity contribution is -0.130. The smallest absolute Gasteiger partial charge is 0.254 e. The van der Waals surface area contributed by atoms with E-state index < -0.39 is 5.95 Å². The van der Waals surface area contributed by atoms with Crippen LogP contribution >= 0.6 is 0 Å². The van der Waals surface area contributed by atoms with Crippen LogP contribution in [0.1, 0.15) is 23.2 Å². The molecule has 2 amide bonds. The molecule has 2 fully saturated rings. The number of piperidine rings is 1. The third-order valence-corrected chi connectivity index (χ3v) is 5.46. The molecule has 0 aromatic carbocycles. The predicted octanol–water partition coefficient (Wildman–Crippen LogP) is 0.864. The van der Waals surface area contributed by atoms with Gasteiger partial charge < -0.3 is 14.5 Å². The monoisotopic (exact) mass is 378 g/mol. The lowest BCUT2D eigenvalue weighted by Crippen LogP contribution is -2.50. The van der Waals surface area contributed by atoms with Crippen LogP contribution in [0.3, 0.4) is 0 Å². The predicted molar refractivity (Wildman–Crippen MR) is 97.7 cm³/mol. The Bertz CT molecular complexity index is 689. The van der Waals surface area contributed by atoms with Crippen molar-refractivity contribution in [3.63, 3.8) is 0 Å². The molecular formula is C19H27FN4O3. The van der Waals surface area contributed by atoms with Crippen LogP contribution in [0.15, 0.2) is 18.3 Å². The van der Waals surface area contributed by atoms with E-state index in [0.29, 0.717) is 38.4 Å². The number of halogens is 1. The number of rotatable bonds is 3. The Morgan fingerprint density at radius 2 is 2.04 bits per heavy atom. The van der Waals surface area contributed by atoms with Crippen molar-refractivity contribution >= 4 is 11.8 Å². The highest BCUT2D eigenvalue weighted by Crippen LogP contribution is 2.34. The van der Waals surface area contributed by atoms with Crippen molar-refractivity contribution < 1.29 is 18.7 Å². The van der Waals surface area contributed by atoms with Gasteiger partial charge in [-0.05, 0) is 18.9 Å². The summed E-state index contributed by atoms with van der Waals surface area (Å²) in [5.41, 5.74) is 0.275. The van der Waals surface area contributed by atoms with Gasteiger partial charge in [0.15, 0.2) is 0 Å². The SMILES string of the molecule is CN(C)C(=O)CN1CCOCC2(CCN(C(=O)c3ccnc(F)c3)CC2)C1. The Labute approximate surface area is 159 Å². The van der Waals surface area contributed by atoms with Crippen LogP contribution in [0.25, 0.3) is 0 Å². The van der Waals surface area contributed by atoms with E-state index in [0.717, 1.165) is 25.9 Å². The Hall–Kier alpha value is -2.06. The fourth-order valence-electron chi connectivity index (χ4n) is 3.75. The van der Waals surface area contributed by atoms with Gasteiger partial charge in [-0.15, -0.1) is 0 Å². The summed E-state index contributed by atoms with van der Waals surface area (Å²) >= 11 is 0. The molecule has 0 aliphatic carbocycles. The third-order valence-electron chi connectivity index (χ3n) is 5.46. The first-order chi connectivity index (χ1) is 12.9. The molecule has 8 heteroatoms. The van der Waals surface area contributed by atoms with Crippen molar-refractivity contribution in [3.8, 4) is 0 Å². The van der Waals surface area contributed by atoms with E-state index in [1.807, 2.05) is 0 Å². The number of pyridine rings is 1. The average Bonchev–Trinajstić information content (AvgIpc) is 2.84. The van der Waals surface area contributed by atoms with Gasteiger partial charge in [0.25, 0.3) is 5.91 Å². The molecule has 3 heterocycles. The van der Waals surface area contributed by atoms with Crippen molar-refractivity contribution in [1.29, 1.82) is 0 Å². The highest BCUT2D eigenvalue weighted by Gasteiger charge is 2.39. The van der Waals surface area contributed by atoms with Crippen LogP contribution in [-0.4, -0.2) is 91.5 Å². The van der Waals surface area contributed by atoms with E-state index in [1.54, 1.807) is 30.0 Å².